The fraction of sp³-hybridized carbons (Fsp3) is 0.720. The zero-order valence-electron chi connectivity index (χ0n) is 20.4. The van der Waals surface area contributed by atoms with Crippen LogP contribution in [0.15, 0.2) is 18.2 Å². The molecule has 1 amide bonds. The van der Waals surface area contributed by atoms with Gasteiger partial charge < -0.3 is 19.8 Å². The van der Waals surface area contributed by atoms with Gasteiger partial charge in [-0.25, -0.2) is 4.79 Å². The fourth-order valence-electron chi connectivity index (χ4n) is 4.69. The van der Waals surface area contributed by atoms with Crippen LogP contribution < -0.4 is 9.80 Å². The van der Waals surface area contributed by atoms with Gasteiger partial charge in [0.05, 0.1) is 17.0 Å². The highest BCUT2D eigenvalue weighted by Gasteiger charge is 2.33. The minimum absolute atomic E-state index is 0.154. The first-order valence-corrected chi connectivity index (χ1v) is 11.6. The molecule has 6 nitrogen and oxygen atoms in total. The van der Waals surface area contributed by atoms with Gasteiger partial charge in [-0.05, 0) is 90.8 Å². The van der Waals surface area contributed by atoms with Gasteiger partial charge >= 0.3 is 6.09 Å². The number of nitrogens with zero attached hydrogens (tertiary/aromatic N) is 2. The van der Waals surface area contributed by atoms with Crippen LogP contribution in [-0.2, 0) is 4.74 Å². The van der Waals surface area contributed by atoms with E-state index in [1.165, 1.54) is 4.90 Å². The standard InChI is InChI=1S/C25H42N2O4/c1-8-18(17-25(6,7)30)19-10-11-21(26(9-2)20-12-14-31-15-13-20)22(16-19)27(23(28)29)24(3,4)5/h10-11,16,18,20,30H,8-9,12-15,17H2,1-7H3,(H,28,29). The topological polar surface area (TPSA) is 73.2 Å². The monoisotopic (exact) mass is 434 g/mol. The van der Waals surface area contributed by atoms with Crippen LogP contribution in [0.4, 0.5) is 16.2 Å². The largest absolute Gasteiger partial charge is 0.465 e. The second-order valence-electron chi connectivity index (χ2n) is 10.3. The Morgan fingerprint density at radius 1 is 1.13 bits per heavy atom. The average molecular weight is 435 g/mol. The molecule has 1 aliphatic heterocycles. The van der Waals surface area contributed by atoms with Crippen molar-refractivity contribution in [2.45, 2.75) is 97.2 Å². The molecule has 0 aromatic heterocycles. The second-order valence-corrected chi connectivity index (χ2v) is 10.3. The predicted molar refractivity (Wildman–Crippen MR) is 128 cm³/mol. The molecule has 176 valence electrons. The summed E-state index contributed by atoms with van der Waals surface area (Å²) in [6.07, 6.45) is 2.43. The van der Waals surface area contributed by atoms with Crippen LogP contribution in [0.2, 0.25) is 0 Å². The van der Waals surface area contributed by atoms with Gasteiger partial charge in [-0.15, -0.1) is 0 Å². The first-order valence-electron chi connectivity index (χ1n) is 11.6. The molecule has 0 aliphatic carbocycles. The smallest absolute Gasteiger partial charge is 0.412 e. The van der Waals surface area contributed by atoms with E-state index in [9.17, 15) is 15.0 Å². The number of benzene rings is 1. The Balaban J connectivity index is 2.62. The molecule has 1 atom stereocenters. The molecule has 6 heteroatoms. The van der Waals surface area contributed by atoms with Crippen LogP contribution in [0.1, 0.15) is 85.6 Å². The molecule has 1 saturated heterocycles. The van der Waals surface area contributed by atoms with Crippen LogP contribution in [0.25, 0.3) is 0 Å². The number of hydrogen-bond donors (Lipinski definition) is 2. The summed E-state index contributed by atoms with van der Waals surface area (Å²) in [5.41, 5.74) is 1.37. The Bertz CT molecular complexity index is 730. The summed E-state index contributed by atoms with van der Waals surface area (Å²) >= 11 is 0. The van der Waals surface area contributed by atoms with Crippen LogP contribution in [-0.4, -0.2) is 53.2 Å². The maximum absolute atomic E-state index is 12.4. The lowest BCUT2D eigenvalue weighted by molar-refractivity contribution is 0.0624. The maximum Gasteiger partial charge on any atom is 0.412 e. The maximum atomic E-state index is 12.4. The number of carbonyl (C=O) groups is 1. The average Bonchev–Trinajstić information content (AvgIpc) is 2.66. The van der Waals surface area contributed by atoms with Gasteiger partial charge in [0.2, 0.25) is 0 Å². The summed E-state index contributed by atoms with van der Waals surface area (Å²) in [6.45, 7) is 15.9. The second kappa shape index (κ2) is 10.2. The van der Waals surface area contributed by atoms with E-state index in [4.69, 9.17) is 4.74 Å². The number of rotatable bonds is 8. The Kier molecular flexibility index (Phi) is 8.40. The van der Waals surface area contributed by atoms with Crippen molar-refractivity contribution in [3.63, 3.8) is 0 Å². The molecule has 1 aromatic carbocycles. The Labute approximate surface area is 188 Å². The van der Waals surface area contributed by atoms with Crippen molar-refractivity contribution in [3.05, 3.63) is 23.8 Å². The van der Waals surface area contributed by atoms with Crippen molar-refractivity contribution >= 4 is 17.5 Å². The minimum Gasteiger partial charge on any atom is -0.465 e. The van der Waals surface area contributed by atoms with E-state index in [0.717, 1.165) is 56.0 Å². The third kappa shape index (κ3) is 6.59. The number of aliphatic hydroxyl groups is 1. The summed E-state index contributed by atoms with van der Waals surface area (Å²) in [5, 5.41) is 20.6. The molecule has 2 rings (SSSR count). The van der Waals surface area contributed by atoms with Gasteiger partial charge in [-0.3, -0.25) is 4.90 Å². The summed E-state index contributed by atoms with van der Waals surface area (Å²) in [4.78, 5) is 16.2. The van der Waals surface area contributed by atoms with E-state index in [2.05, 4.69) is 30.9 Å². The lowest BCUT2D eigenvalue weighted by atomic mass is 9.85. The molecular formula is C25H42N2O4. The van der Waals surface area contributed by atoms with Crippen molar-refractivity contribution in [1.29, 1.82) is 0 Å². The first-order chi connectivity index (χ1) is 14.4. The van der Waals surface area contributed by atoms with Gasteiger partial charge in [0.1, 0.15) is 0 Å². The molecule has 0 saturated carbocycles. The Morgan fingerprint density at radius 2 is 1.74 bits per heavy atom. The van der Waals surface area contributed by atoms with E-state index >= 15 is 0 Å². The Morgan fingerprint density at radius 3 is 2.19 bits per heavy atom. The van der Waals surface area contributed by atoms with Gasteiger partial charge in [-0.2, -0.15) is 0 Å². The number of ether oxygens (including phenoxy) is 1. The van der Waals surface area contributed by atoms with Gasteiger partial charge in [0.25, 0.3) is 0 Å². The van der Waals surface area contributed by atoms with Crippen molar-refractivity contribution < 1.29 is 19.7 Å². The van der Waals surface area contributed by atoms with Crippen LogP contribution in [0.3, 0.4) is 0 Å². The molecule has 1 aliphatic rings. The SMILES string of the molecule is CCC(CC(C)(C)O)c1ccc(N(CC)C2CCOCC2)c(N(C(=O)O)C(C)(C)C)c1. The first kappa shape index (κ1) is 25.5. The van der Waals surface area contributed by atoms with Crippen LogP contribution in [0.5, 0.6) is 0 Å². The zero-order valence-corrected chi connectivity index (χ0v) is 20.4. The van der Waals surface area contributed by atoms with Crippen molar-refractivity contribution in [2.75, 3.05) is 29.6 Å². The van der Waals surface area contributed by atoms with E-state index < -0.39 is 17.2 Å². The molecule has 0 radical (unpaired) electrons. The third-order valence-corrected chi connectivity index (χ3v) is 6.09. The molecular weight excluding hydrogens is 392 g/mol. The molecule has 0 spiro atoms. The van der Waals surface area contributed by atoms with Crippen molar-refractivity contribution in [1.82, 2.24) is 0 Å². The lowest BCUT2D eigenvalue weighted by Gasteiger charge is -2.41. The highest BCUT2D eigenvalue weighted by molar-refractivity contribution is 5.93. The fourth-order valence-corrected chi connectivity index (χ4v) is 4.69. The molecule has 1 heterocycles. The van der Waals surface area contributed by atoms with Gasteiger partial charge in [0, 0.05) is 31.3 Å². The quantitative estimate of drug-likeness (QED) is 0.555. The zero-order chi connectivity index (χ0) is 23.4. The molecule has 1 aromatic rings. The van der Waals surface area contributed by atoms with E-state index in [1.54, 1.807) is 0 Å². The summed E-state index contributed by atoms with van der Waals surface area (Å²) in [7, 11) is 0. The highest BCUT2D eigenvalue weighted by Crippen LogP contribution is 2.40. The minimum atomic E-state index is -0.954. The van der Waals surface area contributed by atoms with Crippen LogP contribution in [0, 0.1) is 0 Å². The van der Waals surface area contributed by atoms with Crippen molar-refractivity contribution in [3.8, 4) is 0 Å². The number of hydrogen-bond acceptors (Lipinski definition) is 4. The Hall–Kier alpha value is -1.79. The number of carboxylic acid groups (broad SMARTS) is 1. The van der Waals surface area contributed by atoms with E-state index in [-0.39, 0.29) is 5.92 Å². The lowest BCUT2D eigenvalue weighted by Crippen LogP contribution is -2.47. The summed E-state index contributed by atoms with van der Waals surface area (Å²) < 4.78 is 5.56. The normalized spacial score (nSPS) is 16.8. The van der Waals surface area contributed by atoms with Crippen LogP contribution >= 0.6 is 0 Å². The molecule has 31 heavy (non-hydrogen) atoms. The molecule has 2 N–H and O–H groups in total. The number of anilines is 2. The van der Waals surface area contributed by atoms with E-state index in [1.807, 2.05) is 40.7 Å². The molecule has 1 fully saturated rings. The third-order valence-electron chi connectivity index (χ3n) is 6.09. The summed E-state index contributed by atoms with van der Waals surface area (Å²) in [5.74, 6) is 0.154. The molecule has 1 unspecified atom stereocenters. The van der Waals surface area contributed by atoms with E-state index in [0.29, 0.717) is 12.5 Å². The summed E-state index contributed by atoms with van der Waals surface area (Å²) in [6, 6.07) is 6.57. The van der Waals surface area contributed by atoms with Gasteiger partial charge in [-0.1, -0.05) is 13.0 Å². The molecule has 0 bridgehead atoms. The van der Waals surface area contributed by atoms with Crippen molar-refractivity contribution in [2.24, 2.45) is 0 Å². The highest BCUT2D eigenvalue weighted by atomic mass is 16.5. The predicted octanol–water partition coefficient (Wildman–Crippen LogP) is 5.63. The number of amides is 1. The van der Waals surface area contributed by atoms with Gasteiger partial charge in [0.15, 0.2) is 0 Å².